The highest BCUT2D eigenvalue weighted by Gasteiger charge is 2.29. The number of benzene rings is 3. The van der Waals surface area contributed by atoms with Crippen molar-refractivity contribution in [2.45, 2.75) is 24.3 Å². The van der Waals surface area contributed by atoms with E-state index in [0.717, 1.165) is 12.1 Å². The van der Waals surface area contributed by atoms with Crippen molar-refractivity contribution in [1.82, 2.24) is 4.72 Å². The van der Waals surface area contributed by atoms with E-state index in [2.05, 4.69) is 10.0 Å². The van der Waals surface area contributed by atoms with E-state index in [0.29, 0.717) is 17.2 Å². The Bertz CT molecular complexity index is 1220. The topological polar surface area (TPSA) is 84.5 Å². The van der Waals surface area contributed by atoms with Gasteiger partial charge in [-0.3, -0.25) is 4.79 Å². The van der Waals surface area contributed by atoms with E-state index in [1.165, 1.54) is 19.2 Å². The Labute approximate surface area is 185 Å². The first kappa shape index (κ1) is 23.4. The van der Waals surface area contributed by atoms with Crippen LogP contribution in [0, 0.1) is 18.6 Å². The zero-order valence-corrected chi connectivity index (χ0v) is 18.2. The molecule has 0 radical (unpaired) electrons. The average Bonchev–Trinajstić information content (AvgIpc) is 2.75. The van der Waals surface area contributed by atoms with Gasteiger partial charge in [-0.15, -0.1) is 0 Å². The van der Waals surface area contributed by atoms with Crippen LogP contribution in [0.1, 0.15) is 11.1 Å². The first-order valence-electron chi connectivity index (χ1n) is 9.66. The number of rotatable bonds is 8. The number of halogens is 2. The van der Waals surface area contributed by atoms with Gasteiger partial charge in [-0.25, -0.2) is 17.2 Å². The number of methoxy groups -OCH3 is 1. The van der Waals surface area contributed by atoms with Gasteiger partial charge in [0.05, 0.1) is 12.8 Å². The number of carbonyl (C=O) groups is 1. The number of nitrogens with one attached hydrogen (secondary N) is 2. The van der Waals surface area contributed by atoms with Crippen molar-refractivity contribution < 1.29 is 26.7 Å². The monoisotopic (exact) mass is 460 g/mol. The molecule has 32 heavy (non-hydrogen) atoms. The maximum Gasteiger partial charge on any atom is 0.245 e. The third-order valence-corrected chi connectivity index (χ3v) is 6.19. The summed E-state index contributed by atoms with van der Waals surface area (Å²) in [6.45, 7) is 1.73. The summed E-state index contributed by atoms with van der Waals surface area (Å²) >= 11 is 0. The lowest BCUT2D eigenvalue weighted by atomic mass is 10.1. The van der Waals surface area contributed by atoms with Crippen LogP contribution in [0.4, 0.5) is 14.5 Å². The van der Waals surface area contributed by atoms with Crippen molar-refractivity contribution in [3.63, 3.8) is 0 Å². The minimum atomic E-state index is -4.19. The highest BCUT2D eigenvalue weighted by atomic mass is 32.2. The molecule has 3 aromatic rings. The number of amides is 1. The van der Waals surface area contributed by atoms with Gasteiger partial charge in [-0.2, -0.15) is 4.72 Å². The number of carbonyl (C=O) groups excluding carboxylic acids is 1. The molecule has 168 valence electrons. The lowest BCUT2D eigenvalue weighted by molar-refractivity contribution is -0.117. The summed E-state index contributed by atoms with van der Waals surface area (Å²) in [4.78, 5) is 12.8. The Kier molecular flexibility index (Phi) is 7.22. The van der Waals surface area contributed by atoms with E-state index in [-0.39, 0.29) is 22.8 Å². The number of hydrogen-bond acceptors (Lipinski definition) is 4. The van der Waals surface area contributed by atoms with E-state index in [1.54, 1.807) is 43.3 Å². The number of hydrogen-bond donors (Lipinski definition) is 2. The maximum absolute atomic E-state index is 14.0. The first-order valence-corrected chi connectivity index (χ1v) is 11.1. The van der Waals surface area contributed by atoms with Gasteiger partial charge in [0.15, 0.2) is 0 Å². The van der Waals surface area contributed by atoms with Crippen molar-refractivity contribution in [1.29, 1.82) is 0 Å². The van der Waals surface area contributed by atoms with Gasteiger partial charge in [0.1, 0.15) is 28.3 Å². The van der Waals surface area contributed by atoms with E-state index in [9.17, 15) is 22.0 Å². The molecular weight excluding hydrogens is 438 g/mol. The molecule has 0 aromatic heterocycles. The molecule has 0 heterocycles. The molecule has 0 saturated heterocycles. The summed E-state index contributed by atoms with van der Waals surface area (Å²) in [7, 11) is -2.85. The van der Waals surface area contributed by atoms with Crippen LogP contribution in [0.15, 0.2) is 71.6 Å². The molecule has 3 rings (SSSR count). The number of ether oxygens (including phenoxy) is 1. The van der Waals surface area contributed by atoms with Gasteiger partial charge in [0.25, 0.3) is 0 Å². The fraction of sp³-hybridized carbons (Fsp3) is 0.174. The lowest BCUT2D eigenvalue weighted by Gasteiger charge is -2.20. The molecule has 0 aliphatic heterocycles. The molecular formula is C23H22F2N2O4S. The number of aryl methyl sites for hydroxylation is 1. The van der Waals surface area contributed by atoms with Crippen molar-refractivity contribution in [2.24, 2.45) is 0 Å². The van der Waals surface area contributed by atoms with Crippen LogP contribution in [-0.2, 0) is 21.2 Å². The minimum Gasteiger partial charge on any atom is -0.495 e. The second-order valence-corrected chi connectivity index (χ2v) is 8.81. The van der Waals surface area contributed by atoms with Crippen molar-refractivity contribution in [2.75, 3.05) is 12.4 Å². The Morgan fingerprint density at radius 3 is 2.41 bits per heavy atom. The molecule has 0 fully saturated rings. The molecule has 0 bridgehead atoms. The average molecular weight is 461 g/mol. The highest BCUT2D eigenvalue weighted by Crippen LogP contribution is 2.25. The normalized spacial score (nSPS) is 12.2. The van der Waals surface area contributed by atoms with Crippen LogP contribution >= 0.6 is 0 Å². The van der Waals surface area contributed by atoms with Gasteiger partial charge >= 0.3 is 0 Å². The zero-order chi connectivity index (χ0) is 23.3. The fourth-order valence-corrected chi connectivity index (χ4v) is 4.54. The smallest absolute Gasteiger partial charge is 0.245 e. The molecule has 3 aromatic carbocycles. The van der Waals surface area contributed by atoms with Crippen LogP contribution < -0.4 is 14.8 Å². The van der Waals surface area contributed by atoms with E-state index >= 15 is 0 Å². The van der Waals surface area contributed by atoms with Gasteiger partial charge < -0.3 is 10.1 Å². The van der Waals surface area contributed by atoms with Crippen LogP contribution in [0.2, 0.25) is 0 Å². The summed E-state index contributed by atoms with van der Waals surface area (Å²) in [5.74, 6) is -2.45. The summed E-state index contributed by atoms with van der Waals surface area (Å²) < 4.78 is 61.1. The van der Waals surface area contributed by atoms with Gasteiger partial charge in [0, 0.05) is 6.07 Å². The fourth-order valence-electron chi connectivity index (χ4n) is 3.09. The summed E-state index contributed by atoms with van der Waals surface area (Å²) in [5, 5.41) is 2.33. The molecule has 0 aliphatic rings. The molecule has 0 unspecified atom stereocenters. The van der Waals surface area contributed by atoms with Gasteiger partial charge in [-0.1, -0.05) is 36.4 Å². The second-order valence-electron chi connectivity index (χ2n) is 7.13. The van der Waals surface area contributed by atoms with Crippen LogP contribution in [0.5, 0.6) is 5.75 Å². The van der Waals surface area contributed by atoms with Crippen LogP contribution in [0.3, 0.4) is 0 Å². The predicted molar refractivity (Wildman–Crippen MR) is 117 cm³/mol. The van der Waals surface area contributed by atoms with Gasteiger partial charge in [0.2, 0.25) is 15.9 Å². The van der Waals surface area contributed by atoms with Crippen molar-refractivity contribution in [3.05, 3.63) is 89.5 Å². The Morgan fingerprint density at radius 1 is 1.03 bits per heavy atom. The van der Waals surface area contributed by atoms with Crippen LogP contribution in [-0.4, -0.2) is 27.5 Å². The Hall–Kier alpha value is -3.30. The highest BCUT2D eigenvalue weighted by molar-refractivity contribution is 7.89. The Morgan fingerprint density at radius 2 is 1.75 bits per heavy atom. The largest absolute Gasteiger partial charge is 0.495 e. The minimum absolute atomic E-state index is 0.00283. The molecule has 0 aliphatic carbocycles. The van der Waals surface area contributed by atoms with E-state index in [1.807, 2.05) is 0 Å². The third-order valence-electron chi connectivity index (χ3n) is 4.69. The predicted octanol–water partition coefficient (Wildman–Crippen LogP) is 3.81. The van der Waals surface area contributed by atoms with E-state index in [4.69, 9.17) is 4.74 Å². The number of sulfonamides is 1. The molecule has 0 saturated carbocycles. The molecule has 1 amide bonds. The standard InChI is InChI=1S/C23H22F2N2O4S/c1-15-8-11-21(31-2)22(12-15)32(29,30)27-20(13-16-6-4-3-5-7-16)23(28)26-19-10-9-17(24)14-18(19)25/h3-12,14,20,27H,13H2,1-2H3,(H,26,28)/t20-/m1/s1. The summed E-state index contributed by atoms with van der Waals surface area (Å²) in [6, 6.07) is 14.8. The van der Waals surface area contributed by atoms with Gasteiger partial charge in [-0.05, 0) is 48.7 Å². The van der Waals surface area contributed by atoms with Crippen LogP contribution in [0.25, 0.3) is 0 Å². The first-order chi connectivity index (χ1) is 15.2. The van der Waals surface area contributed by atoms with E-state index < -0.39 is 33.6 Å². The molecule has 0 spiro atoms. The van der Waals surface area contributed by atoms with Crippen molar-refractivity contribution >= 4 is 21.6 Å². The number of anilines is 1. The van der Waals surface area contributed by atoms with Crippen molar-refractivity contribution in [3.8, 4) is 5.75 Å². The molecule has 2 N–H and O–H groups in total. The summed E-state index contributed by atoms with van der Waals surface area (Å²) in [6.07, 6.45) is 0.00283. The summed E-state index contributed by atoms with van der Waals surface area (Å²) in [5.41, 5.74) is 1.11. The molecule has 9 heteroatoms. The maximum atomic E-state index is 14.0. The Balaban J connectivity index is 1.93. The lowest BCUT2D eigenvalue weighted by Crippen LogP contribution is -2.45. The zero-order valence-electron chi connectivity index (χ0n) is 17.4. The SMILES string of the molecule is COc1ccc(C)cc1S(=O)(=O)N[C@H](Cc1ccccc1)C(=O)Nc1ccc(F)cc1F. The quantitative estimate of drug-likeness (QED) is 0.536. The third kappa shape index (κ3) is 5.68. The second kappa shape index (κ2) is 9.88. The molecule has 6 nitrogen and oxygen atoms in total. The molecule has 1 atom stereocenters.